The number of amides is 1. The van der Waals surface area contributed by atoms with Crippen LogP contribution in [0.25, 0.3) is 0 Å². The zero-order chi connectivity index (χ0) is 11.9. The van der Waals surface area contributed by atoms with Crippen molar-refractivity contribution in [3.63, 3.8) is 0 Å². The molecule has 1 N–H and O–H groups in total. The number of hydrogen-bond donors (Lipinski definition) is 1. The van der Waals surface area contributed by atoms with Crippen LogP contribution < -0.4 is 14.8 Å². The molecule has 1 saturated carbocycles. The van der Waals surface area contributed by atoms with E-state index in [1.165, 1.54) is 0 Å². The number of ether oxygens (including phenoxy) is 2. The molecule has 1 aliphatic heterocycles. The van der Waals surface area contributed by atoms with E-state index in [1.807, 2.05) is 18.2 Å². The van der Waals surface area contributed by atoms with E-state index in [4.69, 9.17) is 9.47 Å². The Kier molecular flexibility index (Phi) is 2.24. The minimum absolute atomic E-state index is 0.0904. The topological polar surface area (TPSA) is 47.6 Å². The van der Waals surface area contributed by atoms with Gasteiger partial charge in [-0.25, -0.2) is 0 Å². The summed E-state index contributed by atoms with van der Waals surface area (Å²) in [5.41, 5.74) is 0.436. The largest absolute Gasteiger partial charge is 0.497 e. The van der Waals surface area contributed by atoms with Crippen LogP contribution in [0.3, 0.4) is 0 Å². The van der Waals surface area contributed by atoms with Gasteiger partial charge in [0.15, 0.2) is 0 Å². The maximum atomic E-state index is 12.1. The van der Waals surface area contributed by atoms with E-state index in [1.54, 1.807) is 7.11 Å². The lowest BCUT2D eigenvalue weighted by atomic mass is 9.69. The van der Waals surface area contributed by atoms with Gasteiger partial charge in [0, 0.05) is 6.07 Å². The lowest BCUT2D eigenvalue weighted by Gasteiger charge is -2.37. The van der Waals surface area contributed by atoms with Gasteiger partial charge < -0.3 is 14.8 Å². The van der Waals surface area contributed by atoms with Crippen molar-refractivity contribution in [1.82, 2.24) is 0 Å². The van der Waals surface area contributed by atoms with Crippen molar-refractivity contribution in [2.24, 2.45) is 5.41 Å². The van der Waals surface area contributed by atoms with Gasteiger partial charge in [-0.2, -0.15) is 0 Å². The average Bonchev–Trinajstić information content (AvgIpc) is 2.43. The highest BCUT2D eigenvalue weighted by Crippen LogP contribution is 2.45. The van der Waals surface area contributed by atoms with E-state index < -0.39 is 0 Å². The van der Waals surface area contributed by atoms with Gasteiger partial charge in [-0.1, -0.05) is 6.42 Å². The molecule has 17 heavy (non-hydrogen) atoms. The first-order valence-corrected chi connectivity index (χ1v) is 5.86. The normalized spacial score (nSPS) is 20.6. The molecule has 1 heterocycles. The summed E-state index contributed by atoms with van der Waals surface area (Å²) < 4.78 is 10.9. The third-order valence-electron chi connectivity index (χ3n) is 3.73. The second-order valence-electron chi connectivity index (χ2n) is 4.74. The number of benzene rings is 1. The molecule has 90 valence electrons. The van der Waals surface area contributed by atoms with Crippen molar-refractivity contribution < 1.29 is 14.3 Å². The number of anilines is 1. The zero-order valence-electron chi connectivity index (χ0n) is 9.79. The Morgan fingerprint density at radius 1 is 1.41 bits per heavy atom. The number of hydrogen-bond acceptors (Lipinski definition) is 3. The minimum atomic E-state index is -0.299. The quantitative estimate of drug-likeness (QED) is 0.808. The van der Waals surface area contributed by atoms with Gasteiger partial charge in [0.05, 0.1) is 18.2 Å². The lowest BCUT2D eigenvalue weighted by molar-refractivity contribution is -0.132. The first-order valence-electron chi connectivity index (χ1n) is 5.86. The molecule has 4 nitrogen and oxygen atoms in total. The number of carbonyl (C=O) groups is 1. The van der Waals surface area contributed by atoms with Gasteiger partial charge in [0.2, 0.25) is 5.91 Å². The highest BCUT2D eigenvalue weighted by molar-refractivity contribution is 5.98. The summed E-state index contributed by atoms with van der Waals surface area (Å²) in [6.45, 7) is 0.471. The van der Waals surface area contributed by atoms with Gasteiger partial charge in [0.1, 0.15) is 18.1 Å². The molecular formula is C13H15NO3. The number of rotatable bonds is 1. The Morgan fingerprint density at radius 3 is 2.88 bits per heavy atom. The van der Waals surface area contributed by atoms with Gasteiger partial charge in [0.25, 0.3) is 0 Å². The molecule has 0 saturated heterocycles. The van der Waals surface area contributed by atoms with Crippen molar-refractivity contribution in [2.45, 2.75) is 19.3 Å². The summed E-state index contributed by atoms with van der Waals surface area (Å²) in [5, 5.41) is 2.95. The first kappa shape index (κ1) is 10.4. The summed E-state index contributed by atoms with van der Waals surface area (Å²) >= 11 is 0. The highest BCUT2D eigenvalue weighted by atomic mass is 16.5. The number of nitrogens with one attached hydrogen (secondary N) is 1. The predicted octanol–water partition coefficient (Wildman–Crippen LogP) is 2.20. The van der Waals surface area contributed by atoms with E-state index >= 15 is 0 Å². The van der Waals surface area contributed by atoms with E-state index in [0.29, 0.717) is 12.4 Å². The maximum absolute atomic E-state index is 12.1. The predicted molar refractivity (Wildman–Crippen MR) is 63.4 cm³/mol. The fraction of sp³-hybridized carbons (Fsp3) is 0.462. The molecular weight excluding hydrogens is 218 g/mol. The second-order valence-corrected chi connectivity index (χ2v) is 4.74. The van der Waals surface area contributed by atoms with E-state index in [0.717, 1.165) is 30.7 Å². The monoisotopic (exact) mass is 233 g/mol. The molecule has 4 heteroatoms. The van der Waals surface area contributed by atoms with Crippen LogP contribution in [-0.4, -0.2) is 19.6 Å². The van der Waals surface area contributed by atoms with Gasteiger partial charge in [-0.05, 0) is 25.0 Å². The van der Waals surface area contributed by atoms with Crippen LogP contribution in [0.4, 0.5) is 5.69 Å². The summed E-state index contributed by atoms with van der Waals surface area (Å²) in [6, 6.07) is 5.46. The van der Waals surface area contributed by atoms with Crippen molar-refractivity contribution in [1.29, 1.82) is 0 Å². The molecule has 1 aromatic rings. The van der Waals surface area contributed by atoms with E-state index in [-0.39, 0.29) is 11.3 Å². The number of fused-ring (bicyclic) bond motifs is 1. The number of carbonyl (C=O) groups excluding carboxylic acids is 1. The van der Waals surface area contributed by atoms with Crippen molar-refractivity contribution in [3.8, 4) is 11.5 Å². The summed E-state index contributed by atoms with van der Waals surface area (Å²) in [6.07, 6.45) is 2.95. The van der Waals surface area contributed by atoms with Crippen LogP contribution >= 0.6 is 0 Å². The summed E-state index contributed by atoms with van der Waals surface area (Å²) in [5.74, 6) is 1.52. The first-order chi connectivity index (χ1) is 8.23. The maximum Gasteiger partial charge on any atom is 0.234 e. The SMILES string of the molecule is COc1ccc2c(c1)OCC1(CCC1)C(=O)N2. The molecule has 2 aliphatic rings. The highest BCUT2D eigenvalue weighted by Gasteiger charge is 2.46. The van der Waals surface area contributed by atoms with Crippen LogP contribution in [0, 0.1) is 5.41 Å². The fourth-order valence-electron chi connectivity index (χ4n) is 2.36. The lowest BCUT2D eigenvalue weighted by Crippen LogP contribution is -2.45. The summed E-state index contributed by atoms with van der Waals surface area (Å²) in [4.78, 5) is 12.1. The molecule has 0 aromatic heterocycles. The van der Waals surface area contributed by atoms with E-state index in [9.17, 15) is 4.79 Å². The van der Waals surface area contributed by atoms with Crippen LogP contribution in [0.15, 0.2) is 18.2 Å². The Hall–Kier alpha value is -1.71. The van der Waals surface area contributed by atoms with Gasteiger partial charge in [-0.3, -0.25) is 4.79 Å². The minimum Gasteiger partial charge on any atom is -0.497 e. The van der Waals surface area contributed by atoms with E-state index in [2.05, 4.69) is 5.32 Å². The molecule has 1 aliphatic carbocycles. The van der Waals surface area contributed by atoms with Crippen molar-refractivity contribution in [2.75, 3.05) is 19.0 Å². The van der Waals surface area contributed by atoms with Crippen LogP contribution in [0.2, 0.25) is 0 Å². The molecule has 0 atom stereocenters. The molecule has 1 aromatic carbocycles. The third kappa shape index (κ3) is 1.55. The number of methoxy groups -OCH3 is 1. The van der Waals surface area contributed by atoms with Gasteiger partial charge in [-0.15, -0.1) is 0 Å². The Bertz CT molecular complexity index is 466. The zero-order valence-corrected chi connectivity index (χ0v) is 9.79. The van der Waals surface area contributed by atoms with Gasteiger partial charge >= 0.3 is 0 Å². The Morgan fingerprint density at radius 2 is 2.24 bits per heavy atom. The van der Waals surface area contributed by atoms with Crippen LogP contribution in [-0.2, 0) is 4.79 Å². The Labute approximate surface area is 99.9 Å². The summed E-state index contributed by atoms with van der Waals surface area (Å²) in [7, 11) is 1.62. The molecule has 1 fully saturated rings. The molecule has 0 bridgehead atoms. The molecule has 0 radical (unpaired) electrons. The fourth-order valence-corrected chi connectivity index (χ4v) is 2.36. The standard InChI is InChI=1S/C13H15NO3/c1-16-9-3-4-10-11(7-9)17-8-13(5-2-6-13)12(15)14-10/h3-4,7H,2,5-6,8H2,1H3,(H,14,15). The van der Waals surface area contributed by atoms with Crippen molar-refractivity contribution >= 4 is 11.6 Å². The molecule has 1 spiro atoms. The average molecular weight is 233 g/mol. The van der Waals surface area contributed by atoms with Crippen LogP contribution in [0.5, 0.6) is 11.5 Å². The molecule has 0 unspecified atom stereocenters. The molecule has 3 rings (SSSR count). The van der Waals surface area contributed by atoms with Crippen molar-refractivity contribution in [3.05, 3.63) is 18.2 Å². The smallest absolute Gasteiger partial charge is 0.234 e. The van der Waals surface area contributed by atoms with Crippen LogP contribution in [0.1, 0.15) is 19.3 Å². The molecule has 1 amide bonds. The Balaban J connectivity index is 1.93. The third-order valence-corrected chi connectivity index (χ3v) is 3.73. The second kappa shape index (κ2) is 3.65.